The standard InChI is InChI=1S/C14H11NO4S/c1-15-9-6-8(7-10(18-2)13(9)19-3)11-4-5-12(20-11)14(16)17/h4-7H,2-3H3,(H,16,17). The summed E-state index contributed by atoms with van der Waals surface area (Å²) in [7, 11) is 2.96. The zero-order valence-corrected chi connectivity index (χ0v) is 11.7. The molecular formula is C14H11NO4S. The van der Waals surface area contributed by atoms with Crippen molar-refractivity contribution in [3.8, 4) is 21.9 Å². The first-order chi connectivity index (χ1) is 9.60. The summed E-state index contributed by atoms with van der Waals surface area (Å²) in [6.07, 6.45) is 0. The molecular weight excluding hydrogens is 278 g/mol. The number of carbonyl (C=O) groups is 1. The van der Waals surface area contributed by atoms with Gasteiger partial charge in [-0.05, 0) is 29.8 Å². The van der Waals surface area contributed by atoms with Crippen LogP contribution in [0.15, 0.2) is 24.3 Å². The van der Waals surface area contributed by atoms with Gasteiger partial charge in [0.25, 0.3) is 0 Å². The highest BCUT2D eigenvalue weighted by molar-refractivity contribution is 7.17. The molecule has 20 heavy (non-hydrogen) atoms. The number of carboxylic acids is 1. The molecule has 0 atom stereocenters. The van der Waals surface area contributed by atoms with E-state index in [1.54, 1.807) is 18.2 Å². The number of benzene rings is 1. The molecule has 0 aliphatic heterocycles. The summed E-state index contributed by atoms with van der Waals surface area (Å²) in [5.41, 5.74) is 1.05. The van der Waals surface area contributed by atoms with Gasteiger partial charge in [0.1, 0.15) is 4.88 Å². The first-order valence-corrected chi connectivity index (χ1v) is 6.39. The number of rotatable bonds is 4. The van der Waals surface area contributed by atoms with E-state index >= 15 is 0 Å². The summed E-state index contributed by atoms with van der Waals surface area (Å²) in [4.78, 5) is 15.3. The Morgan fingerprint density at radius 1 is 1.30 bits per heavy atom. The molecule has 1 heterocycles. The molecule has 0 aliphatic rings. The number of methoxy groups -OCH3 is 2. The number of ether oxygens (including phenoxy) is 2. The summed E-state index contributed by atoms with van der Waals surface area (Å²) in [5, 5.41) is 8.95. The smallest absolute Gasteiger partial charge is 0.345 e. The molecule has 0 radical (unpaired) electrons. The molecule has 0 saturated heterocycles. The number of hydrogen-bond donors (Lipinski definition) is 1. The fourth-order valence-electron chi connectivity index (χ4n) is 1.78. The summed E-state index contributed by atoms with van der Waals surface area (Å²) >= 11 is 1.15. The van der Waals surface area contributed by atoms with Crippen LogP contribution in [-0.2, 0) is 0 Å². The first kappa shape index (κ1) is 13.9. The van der Waals surface area contributed by atoms with Crippen molar-refractivity contribution in [1.82, 2.24) is 0 Å². The number of aromatic carboxylic acids is 1. The Labute approximate surface area is 119 Å². The van der Waals surface area contributed by atoms with Crippen molar-refractivity contribution < 1.29 is 19.4 Å². The number of hydrogen-bond acceptors (Lipinski definition) is 4. The monoisotopic (exact) mass is 289 g/mol. The molecule has 1 N–H and O–H groups in total. The van der Waals surface area contributed by atoms with Crippen LogP contribution in [0, 0.1) is 6.57 Å². The predicted molar refractivity (Wildman–Crippen MR) is 76.1 cm³/mol. The maximum absolute atomic E-state index is 10.9. The zero-order chi connectivity index (χ0) is 14.7. The molecule has 2 rings (SSSR count). The average Bonchev–Trinajstić information content (AvgIpc) is 2.95. The van der Waals surface area contributed by atoms with E-state index in [4.69, 9.17) is 21.2 Å². The highest BCUT2D eigenvalue weighted by Crippen LogP contribution is 2.42. The molecule has 5 nitrogen and oxygen atoms in total. The highest BCUT2D eigenvalue weighted by Gasteiger charge is 2.15. The van der Waals surface area contributed by atoms with Crippen molar-refractivity contribution in [1.29, 1.82) is 0 Å². The van der Waals surface area contributed by atoms with Crippen molar-refractivity contribution in [2.24, 2.45) is 0 Å². The van der Waals surface area contributed by atoms with Crippen molar-refractivity contribution in [2.75, 3.05) is 14.2 Å². The molecule has 0 aliphatic carbocycles. The van der Waals surface area contributed by atoms with Crippen LogP contribution in [0.1, 0.15) is 9.67 Å². The minimum absolute atomic E-state index is 0.249. The van der Waals surface area contributed by atoms with Gasteiger partial charge < -0.3 is 14.6 Å². The quantitative estimate of drug-likeness (QED) is 0.872. The van der Waals surface area contributed by atoms with Crippen LogP contribution in [0.4, 0.5) is 5.69 Å². The fraction of sp³-hybridized carbons (Fsp3) is 0.143. The molecule has 0 amide bonds. The lowest BCUT2D eigenvalue weighted by molar-refractivity contribution is 0.0702. The van der Waals surface area contributed by atoms with Crippen LogP contribution in [0.2, 0.25) is 0 Å². The van der Waals surface area contributed by atoms with Crippen LogP contribution in [0.25, 0.3) is 15.3 Å². The normalized spacial score (nSPS) is 9.85. The second-order valence-electron chi connectivity index (χ2n) is 3.81. The molecule has 0 fully saturated rings. The van der Waals surface area contributed by atoms with Crippen LogP contribution >= 0.6 is 11.3 Å². The van der Waals surface area contributed by atoms with Crippen molar-refractivity contribution in [3.05, 3.63) is 40.6 Å². The molecule has 0 unspecified atom stereocenters. The average molecular weight is 289 g/mol. The van der Waals surface area contributed by atoms with Crippen molar-refractivity contribution in [3.63, 3.8) is 0 Å². The van der Waals surface area contributed by atoms with E-state index in [0.717, 1.165) is 21.8 Å². The predicted octanol–water partition coefficient (Wildman–Crippen LogP) is 3.68. The topological polar surface area (TPSA) is 60.1 Å². The van der Waals surface area contributed by atoms with Crippen LogP contribution in [-0.4, -0.2) is 25.3 Å². The molecule has 1 aromatic carbocycles. The summed E-state index contributed by atoms with van der Waals surface area (Å²) in [6, 6.07) is 6.64. The molecule has 0 saturated carbocycles. The molecule has 102 valence electrons. The molecule has 2 aromatic rings. The molecule has 6 heteroatoms. The van der Waals surface area contributed by atoms with Gasteiger partial charge in [0.15, 0.2) is 11.5 Å². The lowest BCUT2D eigenvalue weighted by Gasteiger charge is -2.11. The van der Waals surface area contributed by atoms with Gasteiger partial charge in [-0.3, -0.25) is 0 Å². The fourth-order valence-corrected chi connectivity index (χ4v) is 2.61. The maximum Gasteiger partial charge on any atom is 0.345 e. The van der Waals surface area contributed by atoms with Crippen LogP contribution in [0.5, 0.6) is 11.5 Å². The number of nitrogens with zero attached hydrogens (tertiary/aromatic N) is 1. The third kappa shape index (κ3) is 2.44. The van der Waals surface area contributed by atoms with Crippen LogP contribution < -0.4 is 9.47 Å². The van der Waals surface area contributed by atoms with E-state index in [9.17, 15) is 4.79 Å². The van der Waals surface area contributed by atoms with E-state index in [1.807, 2.05) is 0 Å². The minimum atomic E-state index is -0.966. The van der Waals surface area contributed by atoms with Gasteiger partial charge in [-0.25, -0.2) is 9.64 Å². The second-order valence-corrected chi connectivity index (χ2v) is 4.90. The Bertz CT molecular complexity index is 700. The zero-order valence-electron chi connectivity index (χ0n) is 10.8. The third-order valence-electron chi connectivity index (χ3n) is 2.68. The lowest BCUT2D eigenvalue weighted by atomic mass is 10.1. The second kappa shape index (κ2) is 5.63. The summed E-state index contributed by atoms with van der Waals surface area (Å²) in [5.74, 6) is -0.144. The van der Waals surface area contributed by atoms with Gasteiger partial charge in [-0.1, -0.05) is 0 Å². The largest absolute Gasteiger partial charge is 0.504 e. The van der Waals surface area contributed by atoms with Gasteiger partial charge in [0.2, 0.25) is 5.69 Å². The van der Waals surface area contributed by atoms with Crippen LogP contribution in [0.3, 0.4) is 0 Å². The van der Waals surface area contributed by atoms with Crippen molar-refractivity contribution >= 4 is 23.0 Å². The highest BCUT2D eigenvalue weighted by atomic mass is 32.1. The lowest BCUT2D eigenvalue weighted by Crippen LogP contribution is -1.91. The Hall–Kier alpha value is -2.52. The van der Waals surface area contributed by atoms with Gasteiger partial charge in [-0.15, -0.1) is 11.3 Å². The molecule has 0 spiro atoms. The van der Waals surface area contributed by atoms with Gasteiger partial charge in [0, 0.05) is 4.88 Å². The third-order valence-corrected chi connectivity index (χ3v) is 3.80. The molecule has 0 bridgehead atoms. The van der Waals surface area contributed by atoms with E-state index in [1.165, 1.54) is 20.3 Å². The van der Waals surface area contributed by atoms with E-state index < -0.39 is 5.97 Å². The maximum atomic E-state index is 10.9. The van der Waals surface area contributed by atoms with Gasteiger partial charge >= 0.3 is 5.97 Å². The Morgan fingerprint density at radius 2 is 2.05 bits per heavy atom. The summed E-state index contributed by atoms with van der Waals surface area (Å²) < 4.78 is 10.4. The number of thiophene rings is 1. The van der Waals surface area contributed by atoms with E-state index in [0.29, 0.717) is 17.2 Å². The SMILES string of the molecule is [C-]#[N+]c1cc(-c2ccc(C(=O)O)s2)cc(OC)c1OC. The Morgan fingerprint density at radius 3 is 2.55 bits per heavy atom. The van der Waals surface area contributed by atoms with Gasteiger partial charge in [0.05, 0.1) is 20.8 Å². The summed E-state index contributed by atoms with van der Waals surface area (Å²) in [6.45, 7) is 7.19. The van der Waals surface area contributed by atoms with Crippen molar-refractivity contribution in [2.45, 2.75) is 0 Å². The number of carboxylic acid groups (broad SMARTS) is 1. The van der Waals surface area contributed by atoms with E-state index in [-0.39, 0.29) is 4.88 Å². The molecule has 1 aromatic heterocycles. The van der Waals surface area contributed by atoms with E-state index in [2.05, 4.69) is 4.85 Å². The van der Waals surface area contributed by atoms with Gasteiger partial charge in [-0.2, -0.15) is 0 Å². The Balaban J connectivity index is 2.57. The minimum Gasteiger partial charge on any atom is -0.504 e. The first-order valence-electron chi connectivity index (χ1n) is 5.57. The Kier molecular flexibility index (Phi) is 3.91.